The van der Waals surface area contributed by atoms with Crippen molar-refractivity contribution in [1.29, 1.82) is 0 Å². The first-order chi connectivity index (χ1) is 10.2. The average Bonchev–Trinajstić information content (AvgIpc) is 2.48. The van der Waals surface area contributed by atoms with E-state index in [-0.39, 0.29) is 5.91 Å². The number of nitrogens with zero attached hydrogens (tertiary/aromatic N) is 1. The number of aliphatic carboxylic acids is 1. The highest BCUT2D eigenvalue weighted by atomic mass is 19.4. The number of amides is 1. The number of primary amides is 1. The van der Waals surface area contributed by atoms with E-state index in [0.717, 1.165) is 13.1 Å². The quantitative estimate of drug-likeness (QED) is 0.877. The van der Waals surface area contributed by atoms with E-state index in [9.17, 15) is 18.0 Å². The predicted octanol–water partition coefficient (Wildman–Crippen LogP) is 2.41. The van der Waals surface area contributed by atoms with Crippen molar-refractivity contribution in [2.24, 2.45) is 5.73 Å². The van der Waals surface area contributed by atoms with Gasteiger partial charge in [-0.2, -0.15) is 13.2 Å². The van der Waals surface area contributed by atoms with Crippen molar-refractivity contribution in [1.82, 2.24) is 0 Å². The molecular weight excluding hydrogens is 301 g/mol. The maximum Gasteiger partial charge on any atom is 0.490 e. The van der Waals surface area contributed by atoms with Crippen molar-refractivity contribution in [2.45, 2.75) is 25.4 Å². The Morgan fingerprint density at radius 2 is 1.50 bits per heavy atom. The second-order valence-electron chi connectivity index (χ2n) is 4.76. The highest BCUT2D eigenvalue weighted by Crippen LogP contribution is 2.19. The van der Waals surface area contributed by atoms with E-state index in [1.165, 1.54) is 24.9 Å². The normalized spacial score (nSPS) is 14.8. The van der Waals surface area contributed by atoms with Crippen molar-refractivity contribution in [3.05, 3.63) is 29.8 Å². The van der Waals surface area contributed by atoms with Gasteiger partial charge in [0.25, 0.3) is 0 Å². The number of carboxylic acids is 1. The number of rotatable bonds is 2. The molecule has 1 amide bonds. The van der Waals surface area contributed by atoms with Crippen molar-refractivity contribution in [2.75, 3.05) is 18.0 Å². The number of benzene rings is 1. The third kappa shape index (κ3) is 5.63. The zero-order valence-corrected chi connectivity index (χ0v) is 11.8. The number of nitrogens with two attached hydrogens (primary N) is 1. The van der Waals surface area contributed by atoms with Crippen LogP contribution in [0.4, 0.5) is 18.9 Å². The molecule has 8 heteroatoms. The molecule has 122 valence electrons. The van der Waals surface area contributed by atoms with Gasteiger partial charge < -0.3 is 15.7 Å². The maximum absolute atomic E-state index is 10.9. The SMILES string of the molecule is NC(=O)c1ccc(N2CCCCC2)cc1.O=C(O)C(F)(F)F. The van der Waals surface area contributed by atoms with Crippen LogP contribution in [0.3, 0.4) is 0 Å². The Labute approximate surface area is 125 Å². The van der Waals surface area contributed by atoms with Crippen LogP contribution in [0.25, 0.3) is 0 Å². The lowest BCUT2D eigenvalue weighted by Crippen LogP contribution is -2.29. The van der Waals surface area contributed by atoms with Crippen molar-refractivity contribution in [3.63, 3.8) is 0 Å². The molecule has 3 N–H and O–H groups in total. The average molecular weight is 318 g/mol. The van der Waals surface area contributed by atoms with Gasteiger partial charge in [0.2, 0.25) is 5.91 Å². The number of carboxylic acid groups (broad SMARTS) is 1. The number of halogens is 3. The molecule has 1 aromatic carbocycles. The fraction of sp³-hybridized carbons (Fsp3) is 0.429. The van der Waals surface area contributed by atoms with Gasteiger partial charge >= 0.3 is 12.1 Å². The van der Waals surface area contributed by atoms with Crippen LogP contribution in [0, 0.1) is 0 Å². The first-order valence-electron chi connectivity index (χ1n) is 6.66. The second kappa shape index (κ2) is 7.67. The van der Waals surface area contributed by atoms with E-state index in [2.05, 4.69) is 4.90 Å². The molecule has 5 nitrogen and oxygen atoms in total. The summed E-state index contributed by atoms with van der Waals surface area (Å²) in [4.78, 5) is 22.1. The summed E-state index contributed by atoms with van der Waals surface area (Å²) in [6.45, 7) is 2.24. The lowest BCUT2D eigenvalue weighted by molar-refractivity contribution is -0.192. The van der Waals surface area contributed by atoms with E-state index < -0.39 is 12.1 Å². The molecular formula is C14H17F3N2O3. The molecule has 22 heavy (non-hydrogen) atoms. The molecule has 0 aliphatic carbocycles. The molecule has 1 heterocycles. The standard InChI is InChI=1S/C12H16N2O.C2HF3O2/c13-12(15)10-4-6-11(7-5-10)14-8-2-1-3-9-14;3-2(4,5)1(6)7/h4-7H,1-3,8-9H2,(H2,13,15);(H,6,7). The zero-order valence-electron chi connectivity index (χ0n) is 11.8. The Bertz CT molecular complexity index is 509. The van der Waals surface area contributed by atoms with Gasteiger partial charge in [0.05, 0.1) is 0 Å². The maximum atomic E-state index is 10.9. The molecule has 1 fully saturated rings. The number of hydrogen-bond donors (Lipinski definition) is 2. The number of piperidine rings is 1. The summed E-state index contributed by atoms with van der Waals surface area (Å²) < 4.78 is 31.7. The summed E-state index contributed by atoms with van der Waals surface area (Å²) >= 11 is 0. The summed E-state index contributed by atoms with van der Waals surface area (Å²) in [5.41, 5.74) is 6.96. The highest BCUT2D eigenvalue weighted by Gasteiger charge is 2.38. The number of alkyl halides is 3. The summed E-state index contributed by atoms with van der Waals surface area (Å²) in [5, 5.41) is 7.12. The lowest BCUT2D eigenvalue weighted by Gasteiger charge is -2.28. The molecule has 0 radical (unpaired) electrons. The van der Waals surface area contributed by atoms with Crippen LogP contribution in [0.2, 0.25) is 0 Å². The monoisotopic (exact) mass is 318 g/mol. The van der Waals surface area contributed by atoms with Gasteiger partial charge in [-0.25, -0.2) is 4.79 Å². The Kier molecular flexibility index (Phi) is 6.21. The van der Waals surface area contributed by atoms with E-state index in [4.69, 9.17) is 15.6 Å². The molecule has 1 aliphatic heterocycles. The Balaban J connectivity index is 0.000000295. The van der Waals surface area contributed by atoms with Gasteiger partial charge in [-0.1, -0.05) is 0 Å². The minimum atomic E-state index is -5.08. The zero-order chi connectivity index (χ0) is 16.8. The first kappa shape index (κ1) is 17.8. The minimum absolute atomic E-state index is 0.361. The van der Waals surface area contributed by atoms with Gasteiger partial charge in [0.15, 0.2) is 0 Å². The third-order valence-corrected chi connectivity index (χ3v) is 3.12. The van der Waals surface area contributed by atoms with Crippen LogP contribution < -0.4 is 10.6 Å². The number of carbonyl (C=O) groups is 2. The highest BCUT2D eigenvalue weighted by molar-refractivity contribution is 5.93. The smallest absolute Gasteiger partial charge is 0.475 e. The third-order valence-electron chi connectivity index (χ3n) is 3.12. The Morgan fingerprint density at radius 1 is 1.05 bits per heavy atom. The van der Waals surface area contributed by atoms with Crippen LogP contribution >= 0.6 is 0 Å². The minimum Gasteiger partial charge on any atom is -0.475 e. The Morgan fingerprint density at radius 3 is 1.86 bits per heavy atom. The molecule has 0 aromatic heterocycles. The molecule has 0 atom stereocenters. The van der Waals surface area contributed by atoms with Crippen LogP contribution in [0.1, 0.15) is 29.6 Å². The topological polar surface area (TPSA) is 83.6 Å². The molecule has 0 spiro atoms. The molecule has 1 saturated heterocycles. The van der Waals surface area contributed by atoms with E-state index >= 15 is 0 Å². The van der Waals surface area contributed by atoms with Crippen molar-refractivity contribution in [3.8, 4) is 0 Å². The molecule has 1 aliphatic rings. The first-order valence-corrected chi connectivity index (χ1v) is 6.66. The molecule has 0 bridgehead atoms. The largest absolute Gasteiger partial charge is 0.490 e. The molecule has 1 aromatic rings. The fourth-order valence-electron chi connectivity index (χ4n) is 1.99. The number of anilines is 1. The number of carbonyl (C=O) groups excluding carboxylic acids is 1. The van der Waals surface area contributed by atoms with Crippen LogP contribution in [-0.2, 0) is 4.79 Å². The van der Waals surface area contributed by atoms with E-state index in [1.54, 1.807) is 12.1 Å². The van der Waals surface area contributed by atoms with Gasteiger partial charge in [-0.3, -0.25) is 4.79 Å². The van der Waals surface area contributed by atoms with Gasteiger partial charge in [0.1, 0.15) is 0 Å². The summed E-state index contributed by atoms with van der Waals surface area (Å²) in [6.07, 6.45) is -1.23. The number of hydrogen-bond acceptors (Lipinski definition) is 3. The lowest BCUT2D eigenvalue weighted by atomic mass is 10.1. The second-order valence-corrected chi connectivity index (χ2v) is 4.76. The van der Waals surface area contributed by atoms with Gasteiger partial charge in [-0.15, -0.1) is 0 Å². The summed E-state index contributed by atoms with van der Waals surface area (Å²) in [7, 11) is 0. The van der Waals surface area contributed by atoms with Gasteiger partial charge in [-0.05, 0) is 43.5 Å². The van der Waals surface area contributed by atoms with Crippen LogP contribution in [0.15, 0.2) is 24.3 Å². The summed E-state index contributed by atoms with van der Waals surface area (Å²) in [5.74, 6) is -3.12. The molecule has 2 rings (SSSR count). The van der Waals surface area contributed by atoms with Crippen LogP contribution in [0.5, 0.6) is 0 Å². The van der Waals surface area contributed by atoms with E-state index in [1.807, 2.05) is 12.1 Å². The van der Waals surface area contributed by atoms with Crippen molar-refractivity contribution >= 4 is 17.6 Å². The Hall–Kier alpha value is -2.25. The summed E-state index contributed by atoms with van der Waals surface area (Å²) in [6, 6.07) is 7.55. The molecule has 0 saturated carbocycles. The van der Waals surface area contributed by atoms with Crippen LogP contribution in [-0.4, -0.2) is 36.2 Å². The van der Waals surface area contributed by atoms with E-state index in [0.29, 0.717) is 5.56 Å². The molecule has 0 unspecified atom stereocenters. The van der Waals surface area contributed by atoms with Gasteiger partial charge in [0, 0.05) is 24.3 Å². The fourth-order valence-corrected chi connectivity index (χ4v) is 1.99. The van der Waals surface area contributed by atoms with Crippen molar-refractivity contribution < 1.29 is 27.9 Å². The predicted molar refractivity (Wildman–Crippen MR) is 74.7 cm³/mol.